The molecule has 2 heterocycles. The first-order chi connectivity index (χ1) is 16.4. The van der Waals surface area contributed by atoms with Gasteiger partial charge < -0.3 is 24.8 Å². The molecule has 2 aliphatic rings. The number of hydrogen-bond acceptors (Lipinski definition) is 6. The Bertz CT molecular complexity index is 1260. The van der Waals surface area contributed by atoms with Crippen molar-refractivity contribution in [2.24, 2.45) is 0 Å². The van der Waals surface area contributed by atoms with Crippen LogP contribution in [0.3, 0.4) is 0 Å². The third-order valence-corrected chi connectivity index (χ3v) is 5.64. The molecule has 5 rings (SSSR count). The first-order valence-corrected chi connectivity index (χ1v) is 10.6. The maximum absolute atomic E-state index is 13.1. The summed E-state index contributed by atoms with van der Waals surface area (Å²) >= 11 is 0. The number of urea groups is 1. The second-order valence-corrected chi connectivity index (χ2v) is 8.00. The molecule has 0 bridgehead atoms. The number of anilines is 1. The molecule has 172 valence electrons. The lowest BCUT2D eigenvalue weighted by Gasteiger charge is -2.22. The van der Waals surface area contributed by atoms with Gasteiger partial charge in [-0.15, -0.1) is 0 Å². The number of ether oxygens (including phenoxy) is 3. The van der Waals surface area contributed by atoms with E-state index < -0.39 is 29.9 Å². The Hall–Kier alpha value is -4.53. The summed E-state index contributed by atoms with van der Waals surface area (Å²) in [5, 5.41) is 5.38. The topological polar surface area (TPSA) is 106 Å². The molecule has 2 N–H and O–H groups in total. The van der Waals surface area contributed by atoms with Crippen LogP contribution >= 0.6 is 0 Å². The molecular formula is C25H21N3O6. The van der Waals surface area contributed by atoms with Crippen molar-refractivity contribution in [1.82, 2.24) is 10.2 Å². The zero-order valence-electron chi connectivity index (χ0n) is 18.2. The molecule has 0 radical (unpaired) electrons. The van der Waals surface area contributed by atoms with Gasteiger partial charge in [-0.25, -0.2) is 4.79 Å². The Morgan fingerprint density at radius 1 is 1.00 bits per heavy atom. The Kier molecular flexibility index (Phi) is 5.29. The zero-order valence-corrected chi connectivity index (χ0v) is 18.2. The van der Waals surface area contributed by atoms with Gasteiger partial charge in [0.25, 0.3) is 5.91 Å². The van der Waals surface area contributed by atoms with Gasteiger partial charge in [0.05, 0.1) is 0 Å². The molecular weight excluding hydrogens is 438 g/mol. The number of para-hydroxylation sites is 1. The van der Waals surface area contributed by atoms with Crippen molar-refractivity contribution < 1.29 is 28.6 Å². The molecule has 0 spiro atoms. The summed E-state index contributed by atoms with van der Waals surface area (Å²) in [6.45, 7) is 1.27. The molecule has 2 aliphatic heterocycles. The molecule has 1 fully saturated rings. The van der Waals surface area contributed by atoms with Crippen LogP contribution < -0.4 is 24.8 Å². The van der Waals surface area contributed by atoms with Gasteiger partial charge in [-0.3, -0.25) is 14.5 Å². The number of fused-ring (bicyclic) bond motifs is 1. The quantitative estimate of drug-likeness (QED) is 0.546. The van der Waals surface area contributed by atoms with Crippen LogP contribution in [0.25, 0.3) is 0 Å². The normalized spacial score (nSPS) is 18.6. The minimum absolute atomic E-state index is 0.0987. The predicted octanol–water partition coefficient (Wildman–Crippen LogP) is 3.61. The fraction of sp³-hybridized carbons (Fsp3) is 0.160. The number of amides is 4. The smallest absolute Gasteiger partial charge is 0.325 e. The van der Waals surface area contributed by atoms with E-state index in [1.807, 2.05) is 30.3 Å². The van der Waals surface area contributed by atoms with Crippen LogP contribution in [0.2, 0.25) is 0 Å². The maximum atomic E-state index is 13.1. The second kappa shape index (κ2) is 8.43. The fourth-order valence-electron chi connectivity index (χ4n) is 3.82. The van der Waals surface area contributed by atoms with Gasteiger partial charge in [-0.05, 0) is 61.0 Å². The number of carbonyl (C=O) groups excluding carboxylic acids is 3. The minimum atomic E-state index is -1.32. The largest absolute Gasteiger partial charge is 0.457 e. The maximum Gasteiger partial charge on any atom is 0.325 e. The molecule has 34 heavy (non-hydrogen) atoms. The molecule has 1 atom stereocenters. The van der Waals surface area contributed by atoms with Gasteiger partial charge in [0.1, 0.15) is 23.6 Å². The van der Waals surface area contributed by atoms with E-state index in [0.29, 0.717) is 34.2 Å². The summed E-state index contributed by atoms with van der Waals surface area (Å²) < 4.78 is 16.4. The summed E-state index contributed by atoms with van der Waals surface area (Å²) in [6.07, 6.45) is 0. The Labute approximate surface area is 195 Å². The molecule has 4 amide bonds. The van der Waals surface area contributed by atoms with Crippen LogP contribution in [0.1, 0.15) is 12.5 Å². The molecule has 0 unspecified atom stereocenters. The van der Waals surface area contributed by atoms with Crippen LogP contribution in [0, 0.1) is 0 Å². The summed E-state index contributed by atoms with van der Waals surface area (Å²) in [5.41, 5.74) is -0.280. The molecule has 3 aromatic carbocycles. The van der Waals surface area contributed by atoms with Crippen molar-refractivity contribution in [3.05, 3.63) is 78.4 Å². The summed E-state index contributed by atoms with van der Waals surface area (Å²) in [7, 11) is 0. The SMILES string of the molecule is C[C@@]1(c2ccc3c(c2)OCO3)NC(=O)N(CC(=O)Nc2ccc(Oc3ccccc3)cc2)C1=O. The lowest BCUT2D eigenvalue weighted by molar-refractivity contribution is -0.133. The Morgan fingerprint density at radius 2 is 1.71 bits per heavy atom. The third kappa shape index (κ3) is 3.99. The van der Waals surface area contributed by atoms with E-state index >= 15 is 0 Å². The van der Waals surface area contributed by atoms with Crippen LogP contribution in [0.15, 0.2) is 72.8 Å². The number of nitrogens with zero attached hydrogens (tertiary/aromatic N) is 1. The molecule has 3 aromatic rings. The van der Waals surface area contributed by atoms with E-state index in [0.717, 1.165) is 4.90 Å². The van der Waals surface area contributed by atoms with Crippen LogP contribution in [0.5, 0.6) is 23.0 Å². The third-order valence-electron chi connectivity index (χ3n) is 5.64. The lowest BCUT2D eigenvalue weighted by atomic mass is 9.91. The Balaban J connectivity index is 1.23. The highest BCUT2D eigenvalue weighted by Crippen LogP contribution is 2.37. The highest BCUT2D eigenvalue weighted by atomic mass is 16.7. The average molecular weight is 459 g/mol. The van der Waals surface area contributed by atoms with Crippen LogP contribution in [-0.4, -0.2) is 36.1 Å². The predicted molar refractivity (Wildman–Crippen MR) is 122 cm³/mol. The van der Waals surface area contributed by atoms with Crippen molar-refractivity contribution in [2.75, 3.05) is 18.7 Å². The van der Waals surface area contributed by atoms with Gasteiger partial charge in [0, 0.05) is 5.69 Å². The number of carbonyl (C=O) groups is 3. The highest BCUT2D eigenvalue weighted by Gasteiger charge is 2.49. The number of benzene rings is 3. The van der Waals surface area contributed by atoms with Crippen molar-refractivity contribution in [3.8, 4) is 23.0 Å². The Morgan fingerprint density at radius 3 is 2.47 bits per heavy atom. The van der Waals surface area contributed by atoms with E-state index in [2.05, 4.69) is 10.6 Å². The van der Waals surface area contributed by atoms with Crippen molar-refractivity contribution in [1.29, 1.82) is 0 Å². The van der Waals surface area contributed by atoms with E-state index in [9.17, 15) is 14.4 Å². The lowest BCUT2D eigenvalue weighted by Crippen LogP contribution is -2.42. The van der Waals surface area contributed by atoms with Crippen molar-refractivity contribution in [2.45, 2.75) is 12.5 Å². The first-order valence-electron chi connectivity index (χ1n) is 10.6. The molecule has 0 aromatic heterocycles. The zero-order chi connectivity index (χ0) is 23.7. The van der Waals surface area contributed by atoms with Gasteiger partial charge in [0.2, 0.25) is 12.7 Å². The molecule has 1 saturated heterocycles. The molecule has 9 nitrogen and oxygen atoms in total. The highest BCUT2D eigenvalue weighted by molar-refractivity contribution is 6.10. The number of hydrogen-bond donors (Lipinski definition) is 2. The second-order valence-electron chi connectivity index (χ2n) is 8.00. The van der Waals surface area contributed by atoms with Gasteiger partial charge in [0.15, 0.2) is 11.5 Å². The van der Waals surface area contributed by atoms with Gasteiger partial charge in [-0.2, -0.15) is 0 Å². The first kappa shape index (κ1) is 21.3. The summed E-state index contributed by atoms with van der Waals surface area (Å²) in [4.78, 5) is 39.2. The average Bonchev–Trinajstić information content (AvgIpc) is 3.39. The number of imide groups is 1. The minimum Gasteiger partial charge on any atom is -0.457 e. The van der Waals surface area contributed by atoms with E-state index in [1.54, 1.807) is 49.4 Å². The standard InChI is InChI=1S/C25H21N3O6/c1-25(16-7-12-20-21(13-16)33-15-32-20)23(30)28(24(31)27-25)14-22(29)26-17-8-10-19(11-9-17)34-18-5-3-2-4-6-18/h2-13H,14-15H2,1H3,(H,26,29)(H,27,31)/t25-/m0/s1. The van der Waals surface area contributed by atoms with Crippen molar-refractivity contribution in [3.63, 3.8) is 0 Å². The van der Waals surface area contributed by atoms with E-state index in [-0.39, 0.29) is 6.79 Å². The fourth-order valence-corrected chi connectivity index (χ4v) is 3.82. The van der Waals surface area contributed by atoms with Crippen LogP contribution in [-0.2, 0) is 15.1 Å². The molecule has 0 saturated carbocycles. The van der Waals surface area contributed by atoms with E-state index in [4.69, 9.17) is 14.2 Å². The number of nitrogens with one attached hydrogen (secondary N) is 2. The summed E-state index contributed by atoms with van der Waals surface area (Å²) in [5.74, 6) is 1.34. The van der Waals surface area contributed by atoms with E-state index in [1.165, 1.54) is 0 Å². The summed E-state index contributed by atoms with van der Waals surface area (Å²) in [6, 6.07) is 20.5. The van der Waals surface area contributed by atoms with Gasteiger partial charge >= 0.3 is 6.03 Å². The molecule has 0 aliphatic carbocycles. The van der Waals surface area contributed by atoms with Crippen LogP contribution in [0.4, 0.5) is 10.5 Å². The van der Waals surface area contributed by atoms with Crippen molar-refractivity contribution >= 4 is 23.5 Å². The molecule has 9 heteroatoms. The van der Waals surface area contributed by atoms with Gasteiger partial charge in [-0.1, -0.05) is 24.3 Å². The monoisotopic (exact) mass is 459 g/mol. The number of rotatable bonds is 6.